The van der Waals surface area contributed by atoms with E-state index in [-0.39, 0.29) is 17.7 Å². The summed E-state index contributed by atoms with van der Waals surface area (Å²) in [6, 6.07) is 0. The normalized spacial score (nSPS) is 19.5. The highest BCUT2D eigenvalue weighted by Crippen LogP contribution is 2.08. The molecule has 1 fully saturated rings. The fourth-order valence-corrected chi connectivity index (χ4v) is 2.02. The van der Waals surface area contributed by atoms with Crippen LogP contribution in [0.25, 0.3) is 0 Å². The van der Waals surface area contributed by atoms with E-state index in [9.17, 15) is 9.59 Å². The Morgan fingerprint density at radius 1 is 1.47 bits per heavy atom. The number of hydrogen-bond donors (Lipinski definition) is 2. The average Bonchev–Trinajstić information content (AvgIpc) is 2.74. The van der Waals surface area contributed by atoms with Crippen molar-refractivity contribution in [2.24, 2.45) is 5.92 Å². The summed E-state index contributed by atoms with van der Waals surface area (Å²) >= 11 is 0. The second-order valence-electron chi connectivity index (χ2n) is 4.43. The number of nitrogens with one attached hydrogen (secondary N) is 2. The molecule has 0 bridgehead atoms. The molecule has 1 atom stereocenters. The van der Waals surface area contributed by atoms with Crippen molar-refractivity contribution in [3.63, 3.8) is 0 Å². The Labute approximate surface area is 103 Å². The molecule has 1 aliphatic heterocycles. The predicted octanol–water partition coefficient (Wildman–Crippen LogP) is -0.0294. The van der Waals surface area contributed by atoms with Gasteiger partial charge in [-0.1, -0.05) is 13.8 Å². The van der Waals surface area contributed by atoms with Gasteiger partial charge in [0, 0.05) is 26.1 Å². The van der Waals surface area contributed by atoms with Gasteiger partial charge in [-0.15, -0.1) is 0 Å². The summed E-state index contributed by atoms with van der Waals surface area (Å²) in [5, 5.41) is 5.57. The molecule has 0 aromatic heterocycles. The van der Waals surface area contributed by atoms with Gasteiger partial charge in [0.1, 0.15) is 0 Å². The zero-order chi connectivity index (χ0) is 12.7. The maximum Gasteiger partial charge on any atom is 0.225 e. The quantitative estimate of drug-likeness (QED) is 0.658. The van der Waals surface area contributed by atoms with Crippen molar-refractivity contribution in [2.45, 2.75) is 26.7 Å². The Morgan fingerprint density at radius 3 is 2.76 bits per heavy atom. The monoisotopic (exact) mass is 241 g/mol. The van der Waals surface area contributed by atoms with E-state index in [2.05, 4.69) is 29.4 Å². The van der Waals surface area contributed by atoms with Crippen molar-refractivity contribution >= 4 is 11.8 Å². The minimum absolute atomic E-state index is 0.00379. The number of rotatable bonds is 7. The Morgan fingerprint density at radius 2 is 2.24 bits per heavy atom. The maximum absolute atomic E-state index is 11.7. The molecule has 0 saturated carbocycles. The Balaban J connectivity index is 2.17. The molecule has 5 heteroatoms. The van der Waals surface area contributed by atoms with Crippen molar-refractivity contribution in [3.05, 3.63) is 0 Å². The molecule has 2 N–H and O–H groups in total. The van der Waals surface area contributed by atoms with Crippen LogP contribution in [0.2, 0.25) is 0 Å². The van der Waals surface area contributed by atoms with Crippen LogP contribution < -0.4 is 10.6 Å². The van der Waals surface area contributed by atoms with Crippen LogP contribution in [0.4, 0.5) is 0 Å². The van der Waals surface area contributed by atoms with Gasteiger partial charge in [0.2, 0.25) is 11.8 Å². The summed E-state index contributed by atoms with van der Waals surface area (Å²) < 4.78 is 0. The molecule has 0 aromatic carbocycles. The van der Waals surface area contributed by atoms with Crippen LogP contribution in [-0.4, -0.2) is 49.4 Å². The second kappa shape index (κ2) is 7.27. The molecule has 17 heavy (non-hydrogen) atoms. The number of carbonyl (C=O) groups excluding carboxylic acids is 2. The molecular weight excluding hydrogens is 218 g/mol. The molecule has 0 spiro atoms. The maximum atomic E-state index is 11.7. The van der Waals surface area contributed by atoms with E-state index in [1.165, 1.54) is 0 Å². The Kier molecular flexibility index (Phi) is 5.97. The van der Waals surface area contributed by atoms with Gasteiger partial charge in [-0.2, -0.15) is 0 Å². The predicted molar refractivity (Wildman–Crippen MR) is 66.5 cm³/mol. The Bertz CT molecular complexity index is 268. The lowest BCUT2D eigenvalue weighted by Crippen LogP contribution is -2.38. The summed E-state index contributed by atoms with van der Waals surface area (Å²) in [6.45, 7) is 8.37. The van der Waals surface area contributed by atoms with Crippen LogP contribution in [0.1, 0.15) is 26.7 Å². The highest BCUT2D eigenvalue weighted by Gasteiger charge is 2.27. The molecule has 1 rings (SSSR count). The topological polar surface area (TPSA) is 61.4 Å². The summed E-state index contributed by atoms with van der Waals surface area (Å²) in [6.07, 6.45) is 1.46. The molecule has 0 aromatic rings. The number of amides is 2. The van der Waals surface area contributed by atoms with Crippen molar-refractivity contribution in [3.8, 4) is 0 Å². The highest BCUT2D eigenvalue weighted by molar-refractivity contribution is 5.89. The molecule has 1 unspecified atom stereocenters. The third-order valence-electron chi connectivity index (χ3n) is 3.06. The largest absolute Gasteiger partial charge is 0.355 e. The van der Waals surface area contributed by atoms with E-state index in [0.29, 0.717) is 19.5 Å². The Hall–Kier alpha value is -1.10. The first-order valence-electron chi connectivity index (χ1n) is 6.44. The fraction of sp³-hybridized carbons (Fsp3) is 0.833. The first-order chi connectivity index (χ1) is 8.17. The minimum atomic E-state index is -0.177. The van der Waals surface area contributed by atoms with Gasteiger partial charge in [0.05, 0.1) is 5.92 Å². The van der Waals surface area contributed by atoms with E-state index in [0.717, 1.165) is 26.1 Å². The van der Waals surface area contributed by atoms with Crippen LogP contribution in [0, 0.1) is 5.92 Å². The van der Waals surface area contributed by atoms with E-state index < -0.39 is 0 Å². The van der Waals surface area contributed by atoms with Crippen LogP contribution in [0.3, 0.4) is 0 Å². The van der Waals surface area contributed by atoms with Crippen molar-refractivity contribution in [1.82, 2.24) is 15.5 Å². The number of hydrogen-bond acceptors (Lipinski definition) is 3. The molecule has 0 radical (unpaired) electrons. The number of nitrogens with zero attached hydrogens (tertiary/aromatic N) is 1. The van der Waals surface area contributed by atoms with Gasteiger partial charge >= 0.3 is 0 Å². The van der Waals surface area contributed by atoms with E-state index >= 15 is 0 Å². The van der Waals surface area contributed by atoms with Gasteiger partial charge in [0.25, 0.3) is 0 Å². The van der Waals surface area contributed by atoms with Gasteiger partial charge in [-0.25, -0.2) is 0 Å². The summed E-state index contributed by atoms with van der Waals surface area (Å²) in [4.78, 5) is 25.0. The van der Waals surface area contributed by atoms with Gasteiger partial charge < -0.3 is 15.5 Å². The van der Waals surface area contributed by atoms with E-state index in [1.54, 1.807) is 0 Å². The lowest BCUT2D eigenvalue weighted by Gasteiger charge is -2.20. The third-order valence-corrected chi connectivity index (χ3v) is 3.06. The van der Waals surface area contributed by atoms with Crippen molar-refractivity contribution < 1.29 is 9.59 Å². The van der Waals surface area contributed by atoms with Crippen molar-refractivity contribution in [2.75, 3.05) is 32.7 Å². The van der Waals surface area contributed by atoms with Gasteiger partial charge in [-0.3, -0.25) is 9.59 Å². The van der Waals surface area contributed by atoms with Crippen LogP contribution >= 0.6 is 0 Å². The van der Waals surface area contributed by atoms with E-state index in [1.807, 2.05) is 0 Å². The first-order valence-corrected chi connectivity index (χ1v) is 6.44. The summed E-state index contributed by atoms with van der Waals surface area (Å²) in [5.41, 5.74) is 0. The molecule has 1 aliphatic rings. The van der Waals surface area contributed by atoms with Gasteiger partial charge in [0.15, 0.2) is 0 Å². The molecule has 1 saturated heterocycles. The van der Waals surface area contributed by atoms with E-state index in [4.69, 9.17) is 0 Å². The minimum Gasteiger partial charge on any atom is -0.355 e. The SMILES string of the molecule is CCCN(CC)CCNC(=O)C1CNC(=O)C1. The number of carbonyl (C=O) groups is 2. The molecule has 98 valence electrons. The summed E-state index contributed by atoms with van der Waals surface area (Å²) in [5.74, 6) is -0.203. The molecular formula is C12H23N3O2. The smallest absolute Gasteiger partial charge is 0.225 e. The summed E-state index contributed by atoms with van der Waals surface area (Å²) in [7, 11) is 0. The molecule has 2 amide bonds. The van der Waals surface area contributed by atoms with Crippen LogP contribution in [-0.2, 0) is 9.59 Å². The standard InChI is InChI=1S/C12H23N3O2/c1-3-6-15(4-2)7-5-13-12(17)10-8-11(16)14-9-10/h10H,3-9H2,1-2H3,(H,13,17)(H,14,16). The zero-order valence-corrected chi connectivity index (χ0v) is 10.8. The first kappa shape index (κ1) is 14.0. The zero-order valence-electron chi connectivity index (χ0n) is 10.8. The van der Waals surface area contributed by atoms with Crippen LogP contribution in [0.5, 0.6) is 0 Å². The lowest BCUT2D eigenvalue weighted by molar-refractivity contribution is -0.126. The lowest BCUT2D eigenvalue weighted by atomic mass is 10.1. The third kappa shape index (κ3) is 4.73. The fourth-order valence-electron chi connectivity index (χ4n) is 2.02. The molecule has 1 heterocycles. The van der Waals surface area contributed by atoms with Crippen molar-refractivity contribution in [1.29, 1.82) is 0 Å². The average molecular weight is 241 g/mol. The van der Waals surface area contributed by atoms with Crippen LogP contribution in [0.15, 0.2) is 0 Å². The molecule has 5 nitrogen and oxygen atoms in total. The highest BCUT2D eigenvalue weighted by atomic mass is 16.2. The number of likely N-dealkylation sites (N-methyl/N-ethyl adjacent to an activating group) is 1. The molecule has 0 aliphatic carbocycles. The van der Waals surface area contributed by atoms with Gasteiger partial charge in [-0.05, 0) is 19.5 Å². The second-order valence-corrected chi connectivity index (χ2v) is 4.43.